The highest BCUT2D eigenvalue weighted by Gasteiger charge is 2.23. The van der Waals surface area contributed by atoms with Crippen molar-refractivity contribution in [3.8, 4) is 0 Å². The molecule has 14 heavy (non-hydrogen) atoms. The molecule has 0 aliphatic heterocycles. The van der Waals surface area contributed by atoms with Gasteiger partial charge in [0.1, 0.15) is 0 Å². The van der Waals surface area contributed by atoms with Gasteiger partial charge in [-0.1, -0.05) is 25.5 Å². The zero-order valence-corrected chi connectivity index (χ0v) is 8.66. The first-order valence-electron chi connectivity index (χ1n) is 5.38. The van der Waals surface area contributed by atoms with E-state index in [1.807, 2.05) is 18.2 Å². The van der Waals surface area contributed by atoms with Gasteiger partial charge in [-0.3, -0.25) is 0 Å². The van der Waals surface area contributed by atoms with Gasteiger partial charge < -0.3 is 11.1 Å². The molecule has 0 amide bonds. The fourth-order valence-corrected chi connectivity index (χ4v) is 2.19. The summed E-state index contributed by atoms with van der Waals surface area (Å²) in [5, 5.41) is 3.53. The lowest BCUT2D eigenvalue weighted by atomic mass is 10.1. The molecule has 0 saturated heterocycles. The third kappa shape index (κ3) is 1.84. The number of para-hydroxylation sites is 2. The zero-order valence-electron chi connectivity index (χ0n) is 8.66. The van der Waals surface area contributed by atoms with E-state index >= 15 is 0 Å². The van der Waals surface area contributed by atoms with E-state index in [0.29, 0.717) is 6.04 Å². The van der Waals surface area contributed by atoms with Crippen molar-refractivity contribution in [2.45, 2.75) is 32.2 Å². The van der Waals surface area contributed by atoms with E-state index < -0.39 is 0 Å². The Hall–Kier alpha value is -1.18. The molecular formula is C12H18N2. The van der Waals surface area contributed by atoms with E-state index in [9.17, 15) is 0 Å². The zero-order chi connectivity index (χ0) is 9.97. The summed E-state index contributed by atoms with van der Waals surface area (Å²) in [7, 11) is 0. The third-order valence-electron chi connectivity index (χ3n) is 3.16. The van der Waals surface area contributed by atoms with Crippen LogP contribution in [0.15, 0.2) is 24.3 Å². The minimum atomic E-state index is 0.611. The fourth-order valence-electron chi connectivity index (χ4n) is 2.19. The summed E-state index contributed by atoms with van der Waals surface area (Å²) in [5.74, 6) is 0.773. The second-order valence-corrected chi connectivity index (χ2v) is 4.25. The van der Waals surface area contributed by atoms with Crippen molar-refractivity contribution in [1.82, 2.24) is 0 Å². The first-order valence-corrected chi connectivity index (χ1v) is 5.38. The molecule has 3 N–H and O–H groups in total. The van der Waals surface area contributed by atoms with Gasteiger partial charge in [0, 0.05) is 6.04 Å². The molecule has 2 heteroatoms. The Kier molecular flexibility index (Phi) is 2.62. The highest BCUT2D eigenvalue weighted by Crippen LogP contribution is 2.29. The van der Waals surface area contributed by atoms with E-state index in [-0.39, 0.29) is 0 Å². The van der Waals surface area contributed by atoms with Crippen LogP contribution in [0.3, 0.4) is 0 Å². The second-order valence-electron chi connectivity index (χ2n) is 4.25. The smallest absolute Gasteiger partial charge is 0.0576 e. The standard InChI is InChI=1S/C12H18N2/c1-9-5-4-8-11(9)14-12-7-3-2-6-10(12)13/h2-3,6-7,9,11,14H,4-5,8,13H2,1H3. The lowest BCUT2D eigenvalue weighted by Gasteiger charge is -2.19. The number of anilines is 2. The maximum Gasteiger partial charge on any atom is 0.0576 e. The Labute approximate surface area is 85.5 Å². The Balaban J connectivity index is 2.07. The largest absolute Gasteiger partial charge is 0.397 e. The van der Waals surface area contributed by atoms with Gasteiger partial charge in [-0.05, 0) is 30.9 Å². The summed E-state index contributed by atoms with van der Waals surface area (Å²) in [6, 6.07) is 8.61. The van der Waals surface area contributed by atoms with Gasteiger partial charge in [-0.15, -0.1) is 0 Å². The molecule has 76 valence electrons. The van der Waals surface area contributed by atoms with Crippen molar-refractivity contribution in [3.63, 3.8) is 0 Å². The van der Waals surface area contributed by atoms with Gasteiger partial charge in [0.05, 0.1) is 11.4 Å². The molecule has 0 spiro atoms. The maximum atomic E-state index is 5.88. The van der Waals surface area contributed by atoms with Gasteiger partial charge in [0.2, 0.25) is 0 Å². The van der Waals surface area contributed by atoms with Gasteiger partial charge in [-0.2, -0.15) is 0 Å². The van der Waals surface area contributed by atoms with E-state index in [1.54, 1.807) is 0 Å². The average Bonchev–Trinajstić information content (AvgIpc) is 2.56. The topological polar surface area (TPSA) is 38.0 Å². The van der Waals surface area contributed by atoms with E-state index in [2.05, 4.69) is 18.3 Å². The number of benzene rings is 1. The van der Waals surface area contributed by atoms with Crippen LogP contribution in [-0.4, -0.2) is 6.04 Å². The van der Waals surface area contributed by atoms with E-state index in [4.69, 9.17) is 5.73 Å². The van der Waals surface area contributed by atoms with Crippen molar-refractivity contribution in [2.75, 3.05) is 11.1 Å². The highest BCUT2D eigenvalue weighted by atomic mass is 14.9. The van der Waals surface area contributed by atoms with Crippen LogP contribution in [0.25, 0.3) is 0 Å². The van der Waals surface area contributed by atoms with Crippen molar-refractivity contribution in [2.24, 2.45) is 5.92 Å². The van der Waals surface area contributed by atoms with Crippen molar-refractivity contribution < 1.29 is 0 Å². The number of rotatable bonds is 2. The lowest BCUT2D eigenvalue weighted by Crippen LogP contribution is -2.22. The normalized spacial score (nSPS) is 26.4. The molecule has 1 saturated carbocycles. The second kappa shape index (κ2) is 3.91. The quantitative estimate of drug-likeness (QED) is 0.704. The number of hydrogen-bond donors (Lipinski definition) is 2. The van der Waals surface area contributed by atoms with Gasteiger partial charge in [-0.25, -0.2) is 0 Å². The summed E-state index contributed by atoms with van der Waals surface area (Å²) >= 11 is 0. The fraction of sp³-hybridized carbons (Fsp3) is 0.500. The number of nitrogens with one attached hydrogen (secondary N) is 1. The molecule has 0 radical (unpaired) electrons. The molecule has 2 atom stereocenters. The Morgan fingerprint density at radius 1 is 1.29 bits per heavy atom. The first-order chi connectivity index (χ1) is 6.77. The first kappa shape index (κ1) is 9.38. The summed E-state index contributed by atoms with van der Waals surface area (Å²) in [6.45, 7) is 2.31. The predicted octanol–water partition coefficient (Wildman–Crippen LogP) is 2.87. The molecule has 0 heterocycles. The number of nitrogens with two attached hydrogens (primary N) is 1. The third-order valence-corrected chi connectivity index (χ3v) is 3.16. The lowest BCUT2D eigenvalue weighted by molar-refractivity contribution is 0.556. The van der Waals surface area contributed by atoms with E-state index in [1.165, 1.54) is 19.3 Å². The molecule has 1 aliphatic carbocycles. The summed E-state index contributed by atoms with van der Waals surface area (Å²) in [4.78, 5) is 0. The predicted molar refractivity (Wildman–Crippen MR) is 61.3 cm³/mol. The average molecular weight is 190 g/mol. The molecule has 0 aromatic heterocycles. The Bertz CT molecular complexity index is 309. The molecule has 1 aromatic carbocycles. The van der Waals surface area contributed by atoms with Crippen molar-refractivity contribution in [1.29, 1.82) is 0 Å². The Morgan fingerprint density at radius 3 is 2.71 bits per heavy atom. The minimum absolute atomic E-state index is 0.611. The van der Waals surface area contributed by atoms with Gasteiger partial charge in [0.25, 0.3) is 0 Å². The van der Waals surface area contributed by atoms with Crippen LogP contribution in [0.5, 0.6) is 0 Å². The molecular weight excluding hydrogens is 172 g/mol. The molecule has 2 nitrogen and oxygen atoms in total. The Morgan fingerprint density at radius 2 is 2.07 bits per heavy atom. The van der Waals surface area contributed by atoms with Crippen LogP contribution < -0.4 is 11.1 Å². The van der Waals surface area contributed by atoms with E-state index in [0.717, 1.165) is 17.3 Å². The maximum absolute atomic E-state index is 5.88. The van der Waals surface area contributed by atoms with Crippen LogP contribution >= 0.6 is 0 Å². The van der Waals surface area contributed by atoms with Crippen LogP contribution in [0, 0.1) is 5.92 Å². The number of hydrogen-bond acceptors (Lipinski definition) is 2. The molecule has 1 aliphatic rings. The molecule has 2 rings (SSSR count). The van der Waals surface area contributed by atoms with Gasteiger partial charge >= 0.3 is 0 Å². The van der Waals surface area contributed by atoms with Gasteiger partial charge in [0.15, 0.2) is 0 Å². The minimum Gasteiger partial charge on any atom is -0.397 e. The van der Waals surface area contributed by atoms with Crippen LogP contribution in [0.2, 0.25) is 0 Å². The van der Waals surface area contributed by atoms with Crippen LogP contribution in [0.1, 0.15) is 26.2 Å². The summed E-state index contributed by atoms with van der Waals surface area (Å²) in [5.41, 5.74) is 7.82. The summed E-state index contributed by atoms with van der Waals surface area (Å²) in [6.07, 6.45) is 3.95. The van der Waals surface area contributed by atoms with Crippen LogP contribution in [0.4, 0.5) is 11.4 Å². The molecule has 1 aromatic rings. The van der Waals surface area contributed by atoms with Crippen molar-refractivity contribution in [3.05, 3.63) is 24.3 Å². The highest BCUT2D eigenvalue weighted by molar-refractivity contribution is 5.66. The molecule has 2 unspecified atom stereocenters. The SMILES string of the molecule is CC1CCCC1Nc1ccccc1N. The monoisotopic (exact) mass is 190 g/mol. The number of nitrogen functional groups attached to an aromatic ring is 1. The van der Waals surface area contributed by atoms with Crippen molar-refractivity contribution >= 4 is 11.4 Å². The molecule has 0 bridgehead atoms. The summed E-state index contributed by atoms with van der Waals surface area (Å²) < 4.78 is 0. The molecule has 1 fully saturated rings. The van der Waals surface area contributed by atoms with Crippen LogP contribution in [-0.2, 0) is 0 Å².